The molecular weight excluding hydrogens is 178 g/mol. The molecule has 0 saturated carbocycles. The van der Waals surface area contributed by atoms with E-state index in [0.717, 1.165) is 25.1 Å². The number of rotatable bonds is 3. The smallest absolute Gasteiger partial charge is 0.112 e. The Bertz CT molecular complexity index is 308. The van der Waals surface area contributed by atoms with E-state index in [1.54, 1.807) is 7.11 Å². The van der Waals surface area contributed by atoms with Crippen molar-refractivity contribution in [3.63, 3.8) is 0 Å². The Kier molecular flexibility index (Phi) is 2.84. The number of ether oxygens (including phenoxy) is 1. The molecule has 1 atom stereocenters. The summed E-state index contributed by atoms with van der Waals surface area (Å²) >= 11 is 0. The van der Waals surface area contributed by atoms with Crippen LogP contribution in [-0.2, 0) is 17.6 Å². The van der Waals surface area contributed by atoms with Crippen molar-refractivity contribution in [2.45, 2.75) is 31.8 Å². The molecule has 4 nitrogen and oxygen atoms in total. The minimum atomic E-state index is 0.119. The van der Waals surface area contributed by atoms with Gasteiger partial charge in [0, 0.05) is 25.4 Å². The predicted octanol–water partition coefficient (Wildman–Crippen LogP) is 0.866. The Hall–Kier alpha value is -0.870. The van der Waals surface area contributed by atoms with Gasteiger partial charge in [0.15, 0.2) is 0 Å². The molecule has 0 spiro atoms. The maximum absolute atomic E-state index is 6.05. The first-order valence-corrected chi connectivity index (χ1v) is 5.12. The molecule has 0 aliphatic carbocycles. The fourth-order valence-corrected chi connectivity index (χ4v) is 2.03. The van der Waals surface area contributed by atoms with E-state index in [1.165, 1.54) is 12.1 Å². The van der Waals surface area contributed by atoms with Crippen molar-refractivity contribution in [3.8, 4) is 0 Å². The summed E-state index contributed by atoms with van der Waals surface area (Å²) < 4.78 is 7.22. The molecule has 1 aliphatic heterocycles. The van der Waals surface area contributed by atoms with Crippen LogP contribution in [0.5, 0.6) is 0 Å². The molecule has 0 aromatic carbocycles. The molecule has 0 saturated heterocycles. The first-order valence-electron chi connectivity index (χ1n) is 5.12. The summed E-state index contributed by atoms with van der Waals surface area (Å²) in [5, 5.41) is 0. The minimum Gasteiger partial charge on any atom is -0.384 e. The molecule has 1 aliphatic rings. The van der Waals surface area contributed by atoms with Crippen molar-refractivity contribution >= 4 is 0 Å². The van der Waals surface area contributed by atoms with Crippen LogP contribution in [0, 0.1) is 0 Å². The molecule has 4 heteroatoms. The number of aromatic nitrogens is 2. The Balaban J connectivity index is 2.20. The third kappa shape index (κ3) is 1.67. The van der Waals surface area contributed by atoms with Gasteiger partial charge in [-0.25, -0.2) is 4.98 Å². The SMILES string of the molecule is COCCc1ncc2n1C(N)CCC2. The standard InChI is InChI=1S/C10H17N3O/c1-14-6-5-10-12-7-8-3-2-4-9(11)13(8)10/h7,9H,2-6,11H2,1H3. The van der Waals surface area contributed by atoms with Crippen molar-refractivity contribution in [2.24, 2.45) is 5.73 Å². The molecule has 2 rings (SSSR count). The van der Waals surface area contributed by atoms with E-state index in [9.17, 15) is 0 Å². The molecule has 0 bridgehead atoms. The highest BCUT2D eigenvalue weighted by Crippen LogP contribution is 2.22. The number of imidazole rings is 1. The van der Waals surface area contributed by atoms with E-state index in [0.29, 0.717) is 6.61 Å². The highest BCUT2D eigenvalue weighted by molar-refractivity contribution is 5.10. The van der Waals surface area contributed by atoms with Gasteiger partial charge < -0.3 is 15.0 Å². The lowest BCUT2D eigenvalue weighted by molar-refractivity contribution is 0.198. The van der Waals surface area contributed by atoms with Crippen LogP contribution in [0.25, 0.3) is 0 Å². The van der Waals surface area contributed by atoms with Gasteiger partial charge in [-0.1, -0.05) is 0 Å². The molecule has 2 heterocycles. The normalized spacial score (nSPS) is 20.9. The van der Waals surface area contributed by atoms with Gasteiger partial charge in [-0.3, -0.25) is 0 Å². The number of nitrogens with zero attached hydrogens (tertiary/aromatic N) is 2. The number of hydrogen-bond acceptors (Lipinski definition) is 3. The zero-order valence-electron chi connectivity index (χ0n) is 8.57. The van der Waals surface area contributed by atoms with Gasteiger partial charge >= 0.3 is 0 Å². The molecule has 78 valence electrons. The Morgan fingerprint density at radius 3 is 3.36 bits per heavy atom. The monoisotopic (exact) mass is 195 g/mol. The fraction of sp³-hybridized carbons (Fsp3) is 0.700. The average molecular weight is 195 g/mol. The summed E-state index contributed by atoms with van der Waals surface area (Å²) in [6, 6.07) is 0. The third-order valence-corrected chi connectivity index (χ3v) is 2.74. The zero-order valence-corrected chi connectivity index (χ0v) is 8.57. The number of nitrogens with two attached hydrogens (primary N) is 1. The lowest BCUT2D eigenvalue weighted by Gasteiger charge is -2.23. The molecule has 1 aromatic rings. The number of methoxy groups -OCH3 is 1. The molecule has 1 unspecified atom stereocenters. The van der Waals surface area contributed by atoms with Gasteiger partial charge in [0.25, 0.3) is 0 Å². The topological polar surface area (TPSA) is 53.1 Å². The van der Waals surface area contributed by atoms with Gasteiger partial charge in [0.2, 0.25) is 0 Å². The first-order chi connectivity index (χ1) is 6.83. The van der Waals surface area contributed by atoms with Crippen LogP contribution < -0.4 is 5.73 Å². The fourth-order valence-electron chi connectivity index (χ4n) is 2.03. The first kappa shape index (κ1) is 9.68. The quantitative estimate of drug-likeness (QED) is 0.778. The van der Waals surface area contributed by atoms with E-state index in [-0.39, 0.29) is 6.17 Å². The lowest BCUT2D eigenvalue weighted by atomic mass is 10.1. The Labute approximate surface area is 84.1 Å². The Morgan fingerprint density at radius 1 is 1.71 bits per heavy atom. The van der Waals surface area contributed by atoms with Crippen molar-refractivity contribution in [1.29, 1.82) is 0 Å². The highest BCUT2D eigenvalue weighted by atomic mass is 16.5. The summed E-state index contributed by atoms with van der Waals surface area (Å²) in [4.78, 5) is 4.39. The summed E-state index contributed by atoms with van der Waals surface area (Å²) in [6.07, 6.45) is 6.26. The van der Waals surface area contributed by atoms with Crippen LogP contribution in [0.2, 0.25) is 0 Å². The largest absolute Gasteiger partial charge is 0.384 e. The molecule has 0 fully saturated rings. The average Bonchev–Trinajstić information content (AvgIpc) is 2.59. The second-order valence-corrected chi connectivity index (χ2v) is 3.74. The summed E-state index contributed by atoms with van der Waals surface area (Å²) in [5.74, 6) is 1.06. The van der Waals surface area contributed by atoms with E-state index in [1.807, 2.05) is 6.20 Å². The second-order valence-electron chi connectivity index (χ2n) is 3.74. The molecule has 1 aromatic heterocycles. The predicted molar refractivity (Wildman–Crippen MR) is 54.0 cm³/mol. The molecular formula is C10H17N3O. The van der Waals surface area contributed by atoms with Crippen molar-refractivity contribution in [3.05, 3.63) is 17.7 Å². The summed E-state index contributed by atoms with van der Waals surface area (Å²) in [7, 11) is 1.71. The van der Waals surface area contributed by atoms with Crippen LogP contribution in [0.4, 0.5) is 0 Å². The minimum absolute atomic E-state index is 0.119. The molecule has 14 heavy (non-hydrogen) atoms. The van der Waals surface area contributed by atoms with E-state index in [4.69, 9.17) is 10.5 Å². The van der Waals surface area contributed by atoms with E-state index < -0.39 is 0 Å². The third-order valence-electron chi connectivity index (χ3n) is 2.74. The van der Waals surface area contributed by atoms with Gasteiger partial charge in [-0.05, 0) is 19.3 Å². The van der Waals surface area contributed by atoms with Crippen LogP contribution >= 0.6 is 0 Å². The van der Waals surface area contributed by atoms with Crippen molar-refractivity contribution in [1.82, 2.24) is 9.55 Å². The summed E-state index contributed by atoms with van der Waals surface area (Å²) in [5.41, 5.74) is 7.32. The van der Waals surface area contributed by atoms with Crippen LogP contribution in [-0.4, -0.2) is 23.3 Å². The van der Waals surface area contributed by atoms with Crippen molar-refractivity contribution in [2.75, 3.05) is 13.7 Å². The molecule has 0 amide bonds. The number of fused-ring (bicyclic) bond motifs is 1. The maximum Gasteiger partial charge on any atom is 0.112 e. The van der Waals surface area contributed by atoms with Gasteiger partial charge in [-0.15, -0.1) is 0 Å². The number of aryl methyl sites for hydroxylation is 1. The van der Waals surface area contributed by atoms with E-state index >= 15 is 0 Å². The van der Waals surface area contributed by atoms with Crippen molar-refractivity contribution < 1.29 is 4.74 Å². The van der Waals surface area contributed by atoms with Gasteiger partial charge in [-0.2, -0.15) is 0 Å². The zero-order chi connectivity index (χ0) is 9.97. The highest BCUT2D eigenvalue weighted by Gasteiger charge is 2.19. The summed E-state index contributed by atoms with van der Waals surface area (Å²) in [6.45, 7) is 0.711. The number of hydrogen-bond donors (Lipinski definition) is 1. The van der Waals surface area contributed by atoms with E-state index in [2.05, 4.69) is 9.55 Å². The maximum atomic E-state index is 6.05. The van der Waals surface area contributed by atoms with Gasteiger partial charge in [0.1, 0.15) is 5.82 Å². The lowest BCUT2D eigenvalue weighted by Crippen LogP contribution is -2.26. The Morgan fingerprint density at radius 2 is 2.57 bits per heavy atom. The van der Waals surface area contributed by atoms with Crippen LogP contribution in [0.15, 0.2) is 6.20 Å². The van der Waals surface area contributed by atoms with Crippen LogP contribution in [0.1, 0.15) is 30.5 Å². The molecule has 0 radical (unpaired) electrons. The molecule has 2 N–H and O–H groups in total. The van der Waals surface area contributed by atoms with Gasteiger partial charge in [0.05, 0.1) is 12.8 Å². The van der Waals surface area contributed by atoms with Crippen LogP contribution in [0.3, 0.4) is 0 Å². The second kappa shape index (κ2) is 4.11.